The van der Waals surface area contributed by atoms with Gasteiger partial charge in [0.1, 0.15) is 0 Å². The van der Waals surface area contributed by atoms with Crippen LogP contribution in [0, 0.1) is 19.8 Å². The maximum Gasteiger partial charge on any atom is 0.308 e. The zero-order chi connectivity index (χ0) is 16.0. The largest absolute Gasteiger partial charge is 0.481 e. The molecule has 0 aromatic heterocycles. The van der Waals surface area contributed by atoms with E-state index in [1.54, 1.807) is 11.8 Å². The zero-order valence-corrected chi connectivity index (χ0v) is 13.3. The van der Waals surface area contributed by atoms with E-state index in [1.807, 2.05) is 39.0 Å². The first-order chi connectivity index (χ1) is 9.86. The number of aryl methyl sites for hydroxylation is 2. The van der Waals surface area contributed by atoms with Crippen molar-refractivity contribution in [3.05, 3.63) is 29.3 Å². The quantitative estimate of drug-likeness (QED) is 0.836. The van der Waals surface area contributed by atoms with Crippen molar-refractivity contribution in [2.75, 3.05) is 11.4 Å². The molecule has 1 aromatic rings. The van der Waals surface area contributed by atoms with E-state index in [9.17, 15) is 9.59 Å². The van der Waals surface area contributed by atoms with Crippen LogP contribution in [0.5, 0.6) is 0 Å². The maximum absolute atomic E-state index is 12.4. The topological polar surface area (TPSA) is 57.6 Å². The fraction of sp³-hybridized carbons (Fsp3) is 0.529. The summed E-state index contributed by atoms with van der Waals surface area (Å²) >= 11 is 0. The van der Waals surface area contributed by atoms with Crippen LogP contribution in [0.15, 0.2) is 18.2 Å². The molecule has 0 radical (unpaired) electrons. The first-order valence-electron chi connectivity index (χ1n) is 7.47. The molecular weight excluding hydrogens is 266 g/mol. The van der Waals surface area contributed by atoms with Crippen LogP contribution in [0.25, 0.3) is 0 Å². The highest BCUT2D eigenvalue weighted by Crippen LogP contribution is 2.21. The van der Waals surface area contributed by atoms with Crippen LogP contribution in [0.2, 0.25) is 0 Å². The average molecular weight is 291 g/mol. The van der Waals surface area contributed by atoms with E-state index in [4.69, 9.17) is 5.11 Å². The molecule has 1 amide bonds. The molecule has 0 aliphatic carbocycles. The number of hydrogen-bond donors (Lipinski definition) is 1. The molecule has 1 unspecified atom stereocenters. The van der Waals surface area contributed by atoms with Crippen molar-refractivity contribution in [3.63, 3.8) is 0 Å². The average Bonchev–Trinajstić information content (AvgIpc) is 2.44. The molecule has 1 rings (SSSR count). The van der Waals surface area contributed by atoms with Crippen LogP contribution >= 0.6 is 0 Å². The van der Waals surface area contributed by atoms with Gasteiger partial charge in [-0.1, -0.05) is 26.3 Å². The summed E-state index contributed by atoms with van der Waals surface area (Å²) in [6, 6.07) is 5.81. The third kappa shape index (κ3) is 4.88. The third-order valence-corrected chi connectivity index (χ3v) is 3.73. The summed E-state index contributed by atoms with van der Waals surface area (Å²) in [5.41, 5.74) is 3.04. The SMILES string of the molecule is CCCCC(=O)N(CC(C)C(=O)O)c1ccc(C)c(C)c1. The summed E-state index contributed by atoms with van der Waals surface area (Å²) in [5.74, 6) is -1.47. The molecule has 0 spiro atoms. The number of benzene rings is 1. The molecule has 0 bridgehead atoms. The molecule has 0 heterocycles. The molecule has 1 atom stereocenters. The van der Waals surface area contributed by atoms with E-state index >= 15 is 0 Å². The molecule has 4 nitrogen and oxygen atoms in total. The van der Waals surface area contributed by atoms with Crippen LogP contribution in [0.4, 0.5) is 5.69 Å². The van der Waals surface area contributed by atoms with Crippen LogP contribution < -0.4 is 4.90 Å². The Morgan fingerprint density at radius 3 is 2.43 bits per heavy atom. The summed E-state index contributed by atoms with van der Waals surface area (Å²) in [4.78, 5) is 25.1. The van der Waals surface area contributed by atoms with E-state index in [0.29, 0.717) is 6.42 Å². The molecule has 1 aromatic carbocycles. The Morgan fingerprint density at radius 1 is 1.24 bits per heavy atom. The van der Waals surface area contributed by atoms with E-state index in [2.05, 4.69) is 0 Å². The van der Waals surface area contributed by atoms with Crippen LogP contribution in [0.1, 0.15) is 44.2 Å². The molecular formula is C17H25NO3. The first kappa shape index (κ1) is 17.2. The van der Waals surface area contributed by atoms with E-state index < -0.39 is 11.9 Å². The summed E-state index contributed by atoms with van der Waals surface area (Å²) < 4.78 is 0. The minimum Gasteiger partial charge on any atom is -0.481 e. The van der Waals surface area contributed by atoms with Crippen molar-refractivity contribution in [3.8, 4) is 0 Å². The van der Waals surface area contributed by atoms with Crippen molar-refractivity contribution >= 4 is 17.6 Å². The Morgan fingerprint density at radius 2 is 1.90 bits per heavy atom. The van der Waals surface area contributed by atoms with Crippen LogP contribution in [-0.4, -0.2) is 23.5 Å². The molecule has 4 heteroatoms. The second-order valence-electron chi connectivity index (χ2n) is 5.62. The Labute approximate surface area is 126 Å². The molecule has 0 saturated heterocycles. The van der Waals surface area contributed by atoms with Crippen LogP contribution in [0.3, 0.4) is 0 Å². The molecule has 0 fully saturated rings. The molecule has 21 heavy (non-hydrogen) atoms. The van der Waals surface area contributed by atoms with Gasteiger partial charge in [-0.2, -0.15) is 0 Å². The van der Waals surface area contributed by atoms with Gasteiger partial charge in [0.2, 0.25) is 5.91 Å². The number of hydrogen-bond acceptors (Lipinski definition) is 2. The van der Waals surface area contributed by atoms with E-state index in [-0.39, 0.29) is 12.5 Å². The minimum atomic E-state index is -0.882. The lowest BCUT2D eigenvalue weighted by atomic mass is 10.1. The number of anilines is 1. The lowest BCUT2D eigenvalue weighted by molar-refractivity contribution is -0.140. The fourth-order valence-electron chi connectivity index (χ4n) is 2.06. The number of carbonyl (C=O) groups is 2. The summed E-state index contributed by atoms with van der Waals surface area (Å²) in [6.07, 6.45) is 2.22. The number of aliphatic carboxylic acids is 1. The van der Waals surface area contributed by atoms with Gasteiger partial charge in [-0.05, 0) is 43.5 Å². The van der Waals surface area contributed by atoms with Crippen molar-refractivity contribution in [1.82, 2.24) is 0 Å². The first-order valence-corrected chi connectivity index (χ1v) is 7.47. The smallest absolute Gasteiger partial charge is 0.308 e. The number of carbonyl (C=O) groups excluding carboxylic acids is 1. The van der Waals surface area contributed by atoms with Crippen molar-refractivity contribution in [1.29, 1.82) is 0 Å². The molecule has 0 aliphatic heterocycles. The highest BCUT2D eigenvalue weighted by Gasteiger charge is 2.21. The molecule has 1 N–H and O–H groups in total. The standard InChI is InChI=1S/C17H25NO3/c1-5-6-7-16(19)18(11-14(4)17(20)21)15-9-8-12(2)13(3)10-15/h8-10,14H,5-7,11H2,1-4H3,(H,20,21). The summed E-state index contributed by atoms with van der Waals surface area (Å²) in [7, 11) is 0. The Bertz CT molecular complexity index is 511. The highest BCUT2D eigenvalue weighted by atomic mass is 16.4. The second-order valence-corrected chi connectivity index (χ2v) is 5.62. The van der Waals surface area contributed by atoms with Crippen LogP contribution in [-0.2, 0) is 9.59 Å². The van der Waals surface area contributed by atoms with Gasteiger partial charge in [0.05, 0.1) is 5.92 Å². The van der Waals surface area contributed by atoms with Gasteiger partial charge in [0.25, 0.3) is 0 Å². The third-order valence-electron chi connectivity index (χ3n) is 3.73. The Hall–Kier alpha value is -1.84. The number of nitrogens with zero attached hydrogens (tertiary/aromatic N) is 1. The van der Waals surface area contributed by atoms with E-state index in [0.717, 1.165) is 29.7 Å². The summed E-state index contributed by atoms with van der Waals surface area (Å²) in [5, 5.41) is 9.10. The van der Waals surface area contributed by atoms with Gasteiger partial charge in [0, 0.05) is 18.7 Å². The Balaban J connectivity index is 3.02. The number of amides is 1. The lowest BCUT2D eigenvalue weighted by Crippen LogP contribution is -2.37. The minimum absolute atomic E-state index is 0.00629. The fourth-order valence-corrected chi connectivity index (χ4v) is 2.06. The van der Waals surface area contributed by atoms with Crippen molar-refractivity contribution in [2.24, 2.45) is 5.92 Å². The number of unbranched alkanes of at least 4 members (excludes halogenated alkanes) is 1. The predicted octanol–water partition coefficient (Wildman–Crippen LogP) is 3.55. The molecule has 116 valence electrons. The van der Waals surface area contributed by atoms with Gasteiger partial charge in [-0.3, -0.25) is 9.59 Å². The predicted molar refractivity (Wildman–Crippen MR) is 84.6 cm³/mol. The monoisotopic (exact) mass is 291 g/mol. The van der Waals surface area contributed by atoms with E-state index in [1.165, 1.54) is 0 Å². The Kier molecular flexibility index (Phi) is 6.40. The van der Waals surface area contributed by atoms with Gasteiger partial charge in [0.15, 0.2) is 0 Å². The van der Waals surface area contributed by atoms with Gasteiger partial charge in [-0.25, -0.2) is 0 Å². The highest BCUT2D eigenvalue weighted by molar-refractivity contribution is 5.94. The van der Waals surface area contributed by atoms with Crippen molar-refractivity contribution in [2.45, 2.75) is 47.0 Å². The van der Waals surface area contributed by atoms with Gasteiger partial charge < -0.3 is 10.0 Å². The molecule has 0 aliphatic rings. The van der Waals surface area contributed by atoms with Gasteiger partial charge >= 0.3 is 5.97 Å². The normalized spacial score (nSPS) is 12.0. The number of carboxylic acid groups (broad SMARTS) is 1. The maximum atomic E-state index is 12.4. The summed E-state index contributed by atoms with van der Waals surface area (Å²) in [6.45, 7) is 7.88. The second kappa shape index (κ2) is 7.81. The zero-order valence-electron chi connectivity index (χ0n) is 13.3. The lowest BCUT2D eigenvalue weighted by Gasteiger charge is -2.25. The van der Waals surface area contributed by atoms with Gasteiger partial charge in [-0.15, -0.1) is 0 Å². The number of carboxylic acids is 1. The number of rotatable bonds is 7. The molecule has 0 saturated carbocycles. The van der Waals surface area contributed by atoms with Crippen molar-refractivity contribution < 1.29 is 14.7 Å².